The molecule has 0 aliphatic carbocycles. The van der Waals surface area contributed by atoms with E-state index in [4.69, 9.17) is 5.11 Å². The summed E-state index contributed by atoms with van der Waals surface area (Å²) in [6.07, 6.45) is 1.64. The predicted molar refractivity (Wildman–Crippen MR) is 54.5 cm³/mol. The Bertz CT molecular complexity index is 472. The molecule has 1 aromatic heterocycles. The number of hydrogen-bond donors (Lipinski definition) is 1. The molecule has 15 heavy (non-hydrogen) atoms. The minimum Gasteiger partial charge on any atom is -0.480 e. The van der Waals surface area contributed by atoms with Crippen LogP contribution in [-0.4, -0.2) is 29.8 Å². The van der Waals surface area contributed by atoms with Crippen molar-refractivity contribution in [3.63, 3.8) is 0 Å². The third-order valence-electron chi connectivity index (χ3n) is 2.18. The lowest BCUT2D eigenvalue weighted by Crippen LogP contribution is -2.16. The Kier molecular flexibility index (Phi) is 3.18. The lowest BCUT2D eigenvalue weighted by atomic mass is 10.5. The molecule has 0 saturated heterocycles. The number of aliphatic carboxylic acids is 1. The molecule has 0 aliphatic rings. The molecule has 5 nitrogen and oxygen atoms in total. The lowest BCUT2D eigenvalue weighted by molar-refractivity contribution is -0.134. The lowest BCUT2D eigenvalue weighted by Gasteiger charge is -2.04. The quantitative estimate of drug-likeness (QED) is 0.826. The van der Waals surface area contributed by atoms with Gasteiger partial charge in [-0.1, -0.05) is 0 Å². The molecule has 0 atom stereocenters. The zero-order chi connectivity index (χ0) is 11.6. The molecule has 0 amide bonds. The Balaban J connectivity index is 3.16. The highest BCUT2D eigenvalue weighted by atomic mass is 32.2. The van der Waals surface area contributed by atoms with Gasteiger partial charge in [-0.2, -0.15) is 0 Å². The topological polar surface area (TPSA) is 76.4 Å². The van der Waals surface area contributed by atoms with Gasteiger partial charge in [0.1, 0.15) is 0 Å². The predicted octanol–water partition coefficient (Wildman–Crippen LogP) is 0.675. The van der Waals surface area contributed by atoms with Crippen LogP contribution in [0.15, 0.2) is 17.2 Å². The van der Waals surface area contributed by atoms with Crippen LogP contribution in [0.5, 0.6) is 0 Å². The fourth-order valence-electron chi connectivity index (χ4n) is 1.44. The molecule has 6 heteroatoms. The smallest absolute Gasteiger partial charge is 0.319 e. The number of carbonyl (C=O) groups is 1. The summed E-state index contributed by atoms with van der Waals surface area (Å²) in [4.78, 5) is 10.5. The Morgan fingerprint density at radius 2 is 2.13 bits per heavy atom. The largest absolute Gasteiger partial charge is 0.480 e. The van der Waals surface area contributed by atoms with E-state index in [1.54, 1.807) is 17.7 Å². The van der Waals surface area contributed by atoms with E-state index in [-0.39, 0.29) is 4.90 Å². The normalized spacial score (nSPS) is 11.6. The molecule has 1 aromatic rings. The Morgan fingerprint density at radius 1 is 1.53 bits per heavy atom. The van der Waals surface area contributed by atoms with Crippen LogP contribution < -0.4 is 0 Å². The maximum atomic E-state index is 11.6. The van der Waals surface area contributed by atoms with Crippen LogP contribution in [-0.2, 0) is 21.2 Å². The van der Waals surface area contributed by atoms with Gasteiger partial charge < -0.3 is 9.67 Å². The van der Waals surface area contributed by atoms with Crippen molar-refractivity contribution in [2.75, 3.05) is 5.75 Å². The summed E-state index contributed by atoms with van der Waals surface area (Å²) in [6.45, 7) is 4.22. The molecule has 0 unspecified atom stereocenters. The van der Waals surface area contributed by atoms with Crippen molar-refractivity contribution in [3.8, 4) is 0 Å². The van der Waals surface area contributed by atoms with E-state index in [9.17, 15) is 13.2 Å². The second-order valence-corrected chi connectivity index (χ2v) is 5.16. The SMILES string of the molecule is CCn1ccc(S(=O)(=O)CC(=O)O)c1C. The summed E-state index contributed by atoms with van der Waals surface area (Å²) in [6, 6.07) is 1.44. The maximum Gasteiger partial charge on any atom is 0.319 e. The van der Waals surface area contributed by atoms with Gasteiger partial charge in [0, 0.05) is 18.4 Å². The van der Waals surface area contributed by atoms with E-state index in [0.29, 0.717) is 12.2 Å². The first-order valence-corrected chi connectivity index (χ1v) is 6.14. The number of hydrogen-bond acceptors (Lipinski definition) is 3. The summed E-state index contributed by atoms with van der Waals surface area (Å²) in [5.41, 5.74) is 0.582. The van der Waals surface area contributed by atoms with Gasteiger partial charge in [-0.3, -0.25) is 4.79 Å². The van der Waals surface area contributed by atoms with Gasteiger partial charge in [0.05, 0.1) is 4.90 Å². The van der Waals surface area contributed by atoms with Crippen LogP contribution in [0.2, 0.25) is 0 Å². The van der Waals surface area contributed by atoms with Gasteiger partial charge in [-0.15, -0.1) is 0 Å². The van der Waals surface area contributed by atoms with E-state index in [1.807, 2.05) is 6.92 Å². The first kappa shape index (κ1) is 11.8. The van der Waals surface area contributed by atoms with E-state index in [2.05, 4.69) is 0 Å². The maximum absolute atomic E-state index is 11.6. The molecule has 1 heterocycles. The summed E-state index contributed by atoms with van der Waals surface area (Å²) in [7, 11) is -3.70. The number of sulfone groups is 1. The third kappa shape index (κ3) is 2.38. The van der Waals surface area contributed by atoms with E-state index in [0.717, 1.165) is 0 Å². The van der Waals surface area contributed by atoms with Crippen LogP contribution in [0.3, 0.4) is 0 Å². The summed E-state index contributed by atoms with van der Waals surface area (Å²) in [5.74, 6) is -2.19. The third-order valence-corrected chi connectivity index (χ3v) is 3.91. The molecule has 1 rings (SSSR count). The van der Waals surface area contributed by atoms with Crippen molar-refractivity contribution in [1.82, 2.24) is 4.57 Å². The molecule has 0 spiro atoms. The first-order chi connectivity index (χ1) is 6.88. The van der Waals surface area contributed by atoms with Gasteiger partial charge in [-0.25, -0.2) is 8.42 Å². The number of aromatic nitrogens is 1. The number of carboxylic acid groups (broad SMARTS) is 1. The molecule has 0 radical (unpaired) electrons. The molecule has 0 saturated carbocycles. The van der Waals surface area contributed by atoms with Crippen molar-refractivity contribution < 1.29 is 18.3 Å². The molecule has 0 aliphatic heterocycles. The van der Waals surface area contributed by atoms with Crippen molar-refractivity contribution in [1.29, 1.82) is 0 Å². The summed E-state index contributed by atoms with van der Waals surface area (Å²) in [5, 5.41) is 8.48. The second kappa shape index (κ2) is 4.06. The van der Waals surface area contributed by atoms with Gasteiger partial charge in [0.25, 0.3) is 0 Å². The fourth-order valence-corrected chi connectivity index (χ4v) is 2.76. The molecular formula is C9H13NO4S. The average molecular weight is 231 g/mol. The van der Waals surface area contributed by atoms with Gasteiger partial charge in [-0.05, 0) is 19.9 Å². The van der Waals surface area contributed by atoms with E-state index >= 15 is 0 Å². The minimum atomic E-state index is -3.70. The van der Waals surface area contributed by atoms with Gasteiger partial charge >= 0.3 is 5.97 Å². The number of aryl methyl sites for hydroxylation is 1. The highest BCUT2D eigenvalue weighted by molar-refractivity contribution is 7.92. The van der Waals surface area contributed by atoms with Crippen LogP contribution >= 0.6 is 0 Å². The van der Waals surface area contributed by atoms with Crippen LogP contribution in [0.25, 0.3) is 0 Å². The van der Waals surface area contributed by atoms with Crippen molar-refractivity contribution >= 4 is 15.8 Å². The Morgan fingerprint density at radius 3 is 2.53 bits per heavy atom. The Hall–Kier alpha value is -1.30. The highest BCUT2D eigenvalue weighted by Gasteiger charge is 2.22. The van der Waals surface area contributed by atoms with Crippen LogP contribution in [0, 0.1) is 6.92 Å². The molecular weight excluding hydrogens is 218 g/mol. The van der Waals surface area contributed by atoms with Gasteiger partial charge in [0.15, 0.2) is 15.6 Å². The zero-order valence-corrected chi connectivity index (χ0v) is 9.41. The fraction of sp³-hybridized carbons (Fsp3) is 0.444. The average Bonchev–Trinajstić information content (AvgIpc) is 2.44. The highest BCUT2D eigenvalue weighted by Crippen LogP contribution is 2.17. The molecule has 0 fully saturated rings. The molecule has 84 valence electrons. The van der Waals surface area contributed by atoms with Crippen molar-refractivity contribution in [2.24, 2.45) is 0 Å². The van der Waals surface area contributed by atoms with E-state index in [1.165, 1.54) is 6.07 Å². The van der Waals surface area contributed by atoms with Crippen molar-refractivity contribution in [2.45, 2.75) is 25.3 Å². The van der Waals surface area contributed by atoms with Crippen LogP contribution in [0.1, 0.15) is 12.6 Å². The summed E-state index contributed by atoms with van der Waals surface area (Å²) < 4.78 is 25.0. The molecule has 0 bridgehead atoms. The zero-order valence-electron chi connectivity index (χ0n) is 8.60. The van der Waals surface area contributed by atoms with Gasteiger partial charge in [0.2, 0.25) is 0 Å². The number of carboxylic acids is 1. The first-order valence-electron chi connectivity index (χ1n) is 4.48. The minimum absolute atomic E-state index is 0.103. The number of rotatable bonds is 4. The monoisotopic (exact) mass is 231 g/mol. The second-order valence-electron chi connectivity index (χ2n) is 3.20. The van der Waals surface area contributed by atoms with Crippen LogP contribution in [0.4, 0.5) is 0 Å². The van der Waals surface area contributed by atoms with Crippen molar-refractivity contribution in [3.05, 3.63) is 18.0 Å². The molecule has 1 N–H and O–H groups in total. The standard InChI is InChI=1S/C9H13NO4S/c1-3-10-5-4-8(7(10)2)15(13,14)6-9(11)12/h4-5H,3,6H2,1-2H3,(H,11,12). The Labute approximate surface area is 88.3 Å². The number of nitrogens with zero attached hydrogens (tertiary/aromatic N) is 1. The van der Waals surface area contributed by atoms with E-state index < -0.39 is 21.6 Å². The molecule has 0 aromatic carbocycles. The summed E-state index contributed by atoms with van der Waals surface area (Å²) >= 11 is 0.